The molecule has 1 aliphatic rings. The average molecular weight is 466 g/mol. The number of hydrogen-bond donors (Lipinski definition) is 1. The Balaban J connectivity index is 1.72. The molecule has 0 aromatic heterocycles. The zero-order valence-electron chi connectivity index (χ0n) is 17.6. The maximum Gasteiger partial charge on any atom is 0.252 e. The number of carbonyl (C=O) groups is 2. The van der Waals surface area contributed by atoms with E-state index >= 15 is 0 Å². The van der Waals surface area contributed by atoms with Crippen molar-refractivity contribution in [2.75, 3.05) is 16.8 Å². The number of carbonyl (C=O) groups excluding carboxylic acids is 2. The number of halogens is 2. The lowest BCUT2D eigenvalue weighted by Crippen LogP contribution is -2.42. The van der Waals surface area contributed by atoms with Gasteiger partial charge in [-0.15, -0.1) is 0 Å². The molecule has 0 radical (unpaired) electrons. The van der Waals surface area contributed by atoms with E-state index in [2.05, 4.69) is 5.32 Å². The number of fused-ring (bicyclic) bond motifs is 1. The SMILES string of the molecule is Cc1c(Cl)cccc1NC(=O)CN1C(=O)[C@@H](C)N=C(c2ccccc2)c2cc(Cl)ccc21. The Morgan fingerprint density at radius 2 is 1.81 bits per heavy atom. The fourth-order valence-electron chi connectivity index (χ4n) is 3.66. The van der Waals surface area contributed by atoms with Gasteiger partial charge in [0.05, 0.1) is 11.4 Å². The van der Waals surface area contributed by atoms with Crippen molar-refractivity contribution in [1.82, 2.24) is 0 Å². The second-order valence-electron chi connectivity index (χ2n) is 7.57. The Labute approximate surface area is 196 Å². The van der Waals surface area contributed by atoms with Crippen LogP contribution in [0.3, 0.4) is 0 Å². The van der Waals surface area contributed by atoms with Crippen LogP contribution in [0.5, 0.6) is 0 Å². The van der Waals surface area contributed by atoms with Crippen LogP contribution in [0, 0.1) is 6.92 Å². The van der Waals surface area contributed by atoms with Crippen LogP contribution in [0.25, 0.3) is 0 Å². The van der Waals surface area contributed by atoms with Crippen molar-refractivity contribution >= 4 is 52.1 Å². The predicted octanol–water partition coefficient (Wildman–Crippen LogP) is 5.51. The molecule has 1 aliphatic heterocycles. The Morgan fingerprint density at radius 3 is 2.56 bits per heavy atom. The molecule has 0 spiro atoms. The zero-order chi connectivity index (χ0) is 22.8. The third-order valence-corrected chi connectivity index (χ3v) is 5.99. The molecule has 1 heterocycles. The highest BCUT2D eigenvalue weighted by Crippen LogP contribution is 2.31. The van der Waals surface area contributed by atoms with Gasteiger partial charge in [-0.2, -0.15) is 0 Å². The fourth-order valence-corrected chi connectivity index (χ4v) is 4.01. The first-order valence-corrected chi connectivity index (χ1v) is 10.9. The largest absolute Gasteiger partial charge is 0.324 e. The number of nitrogens with one attached hydrogen (secondary N) is 1. The van der Waals surface area contributed by atoms with Crippen molar-refractivity contribution in [3.63, 3.8) is 0 Å². The number of anilines is 2. The van der Waals surface area contributed by atoms with E-state index in [9.17, 15) is 9.59 Å². The molecule has 1 N–H and O–H groups in total. The lowest BCUT2D eigenvalue weighted by molar-refractivity contribution is -0.122. The van der Waals surface area contributed by atoms with E-state index in [0.29, 0.717) is 32.7 Å². The summed E-state index contributed by atoms with van der Waals surface area (Å²) in [4.78, 5) is 32.3. The Kier molecular flexibility index (Phi) is 6.31. The summed E-state index contributed by atoms with van der Waals surface area (Å²) in [6, 6.07) is 19.5. The zero-order valence-corrected chi connectivity index (χ0v) is 19.1. The van der Waals surface area contributed by atoms with Gasteiger partial charge in [-0.3, -0.25) is 14.6 Å². The number of benzene rings is 3. The smallest absolute Gasteiger partial charge is 0.252 e. The van der Waals surface area contributed by atoms with Gasteiger partial charge in [0.25, 0.3) is 5.91 Å². The van der Waals surface area contributed by atoms with Gasteiger partial charge in [-0.1, -0.05) is 59.6 Å². The van der Waals surface area contributed by atoms with Crippen LogP contribution in [0.1, 0.15) is 23.6 Å². The van der Waals surface area contributed by atoms with Gasteiger partial charge in [0, 0.05) is 26.9 Å². The van der Waals surface area contributed by atoms with Crippen molar-refractivity contribution in [2.45, 2.75) is 19.9 Å². The molecule has 3 aromatic carbocycles. The van der Waals surface area contributed by atoms with Crippen LogP contribution in [-0.2, 0) is 9.59 Å². The topological polar surface area (TPSA) is 61.8 Å². The minimum atomic E-state index is -0.669. The summed E-state index contributed by atoms with van der Waals surface area (Å²) >= 11 is 12.5. The van der Waals surface area contributed by atoms with Crippen LogP contribution >= 0.6 is 23.2 Å². The van der Waals surface area contributed by atoms with E-state index in [-0.39, 0.29) is 18.4 Å². The lowest BCUT2D eigenvalue weighted by atomic mass is 10.00. The van der Waals surface area contributed by atoms with Crippen molar-refractivity contribution in [3.8, 4) is 0 Å². The molecule has 0 saturated carbocycles. The maximum absolute atomic E-state index is 13.3. The molecule has 5 nitrogen and oxygen atoms in total. The van der Waals surface area contributed by atoms with Crippen LogP contribution in [0.4, 0.5) is 11.4 Å². The highest BCUT2D eigenvalue weighted by atomic mass is 35.5. The first-order chi connectivity index (χ1) is 15.3. The normalized spacial score (nSPS) is 15.6. The molecule has 2 amide bonds. The van der Waals surface area contributed by atoms with E-state index < -0.39 is 6.04 Å². The number of benzodiazepines with no additional fused rings is 1. The van der Waals surface area contributed by atoms with E-state index in [4.69, 9.17) is 28.2 Å². The third-order valence-electron chi connectivity index (χ3n) is 5.34. The minimum absolute atomic E-state index is 0.165. The Morgan fingerprint density at radius 1 is 1.06 bits per heavy atom. The molecule has 32 heavy (non-hydrogen) atoms. The predicted molar refractivity (Wildman–Crippen MR) is 130 cm³/mol. The van der Waals surface area contributed by atoms with E-state index in [1.54, 1.807) is 43.3 Å². The Bertz CT molecular complexity index is 1230. The number of nitrogens with zero attached hydrogens (tertiary/aromatic N) is 2. The second kappa shape index (κ2) is 9.15. The van der Waals surface area contributed by atoms with Crippen molar-refractivity contribution in [1.29, 1.82) is 0 Å². The standard InChI is InChI=1S/C25H21Cl2N3O2/c1-15-20(27)9-6-10-21(15)29-23(31)14-30-22-12-11-18(26)13-19(22)24(28-16(2)25(30)32)17-7-4-3-5-8-17/h3-13,16H,14H2,1-2H3,(H,29,31)/t16-/m1/s1. The molecule has 4 rings (SSSR count). The van der Waals surface area contributed by atoms with Crippen molar-refractivity contribution < 1.29 is 9.59 Å². The molecule has 0 saturated heterocycles. The van der Waals surface area contributed by atoms with Crippen molar-refractivity contribution in [2.24, 2.45) is 4.99 Å². The Hall–Kier alpha value is -3.15. The molecule has 0 unspecified atom stereocenters. The van der Waals surface area contributed by atoms with Crippen LogP contribution in [0.15, 0.2) is 71.7 Å². The van der Waals surface area contributed by atoms with Gasteiger partial charge < -0.3 is 10.2 Å². The molecular weight excluding hydrogens is 445 g/mol. The summed E-state index contributed by atoms with van der Waals surface area (Å²) in [5, 5.41) is 3.94. The lowest BCUT2D eigenvalue weighted by Gasteiger charge is -2.24. The second-order valence-corrected chi connectivity index (χ2v) is 8.41. The van der Waals surface area contributed by atoms with E-state index in [1.165, 1.54) is 4.90 Å². The van der Waals surface area contributed by atoms with Crippen LogP contribution < -0.4 is 10.2 Å². The molecule has 162 valence electrons. The number of amides is 2. The van der Waals surface area contributed by atoms with Gasteiger partial charge in [0.15, 0.2) is 0 Å². The molecule has 0 fully saturated rings. The highest BCUT2D eigenvalue weighted by Gasteiger charge is 2.31. The molecule has 0 bridgehead atoms. The van der Waals surface area contributed by atoms with Crippen LogP contribution in [-0.4, -0.2) is 30.1 Å². The first-order valence-electron chi connectivity index (χ1n) is 10.1. The maximum atomic E-state index is 13.3. The third kappa shape index (κ3) is 4.40. The molecule has 7 heteroatoms. The summed E-state index contributed by atoms with van der Waals surface area (Å²) in [6.07, 6.45) is 0. The van der Waals surface area contributed by atoms with E-state index in [1.807, 2.05) is 37.3 Å². The average Bonchev–Trinajstić information content (AvgIpc) is 2.88. The van der Waals surface area contributed by atoms with Crippen LogP contribution in [0.2, 0.25) is 10.0 Å². The summed E-state index contributed by atoms with van der Waals surface area (Å²) in [7, 11) is 0. The number of hydrogen-bond acceptors (Lipinski definition) is 3. The quantitative estimate of drug-likeness (QED) is 0.551. The summed E-state index contributed by atoms with van der Waals surface area (Å²) in [5.74, 6) is -0.600. The molecular formula is C25H21Cl2N3O2. The fraction of sp³-hybridized carbons (Fsp3) is 0.160. The molecule has 3 aromatic rings. The molecule has 1 atom stereocenters. The highest BCUT2D eigenvalue weighted by molar-refractivity contribution is 6.32. The van der Waals surface area contributed by atoms with Gasteiger partial charge in [-0.05, 0) is 49.7 Å². The van der Waals surface area contributed by atoms with Crippen molar-refractivity contribution in [3.05, 3.63) is 93.5 Å². The summed E-state index contributed by atoms with van der Waals surface area (Å²) in [6.45, 7) is 3.39. The summed E-state index contributed by atoms with van der Waals surface area (Å²) in [5.41, 5.74) is 4.20. The van der Waals surface area contributed by atoms with Gasteiger partial charge in [0.2, 0.25) is 5.91 Å². The number of aliphatic imine (C=N–C) groups is 1. The monoisotopic (exact) mass is 465 g/mol. The van der Waals surface area contributed by atoms with Gasteiger partial charge >= 0.3 is 0 Å². The van der Waals surface area contributed by atoms with Gasteiger partial charge in [-0.25, -0.2) is 0 Å². The number of rotatable bonds is 4. The molecule has 0 aliphatic carbocycles. The van der Waals surface area contributed by atoms with E-state index in [0.717, 1.165) is 11.1 Å². The van der Waals surface area contributed by atoms with Gasteiger partial charge in [0.1, 0.15) is 12.6 Å². The minimum Gasteiger partial charge on any atom is -0.324 e. The first kappa shape index (κ1) is 22.1. The summed E-state index contributed by atoms with van der Waals surface area (Å²) < 4.78 is 0.